The topological polar surface area (TPSA) is 55.6 Å². The molecule has 5 nitrogen and oxygen atoms in total. The lowest BCUT2D eigenvalue weighted by Crippen LogP contribution is -2.29. The summed E-state index contributed by atoms with van der Waals surface area (Å²) in [5.41, 5.74) is 1.07. The number of hydrogen-bond acceptors (Lipinski definition) is 4. The Kier molecular flexibility index (Phi) is 3.06. The quantitative estimate of drug-likeness (QED) is 0.867. The van der Waals surface area contributed by atoms with Gasteiger partial charge in [-0.15, -0.1) is 0 Å². The van der Waals surface area contributed by atoms with Crippen molar-refractivity contribution in [2.45, 2.75) is 25.7 Å². The Balaban J connectivity index is 2.02. The molecule has 0 unspecified atom stereocenters. The normalized spacial score (nSPS) is 19.9. The number of nitrogens with one attached hydrogen (secondary N) is 1. The predicted octanol–water partition coefficient (Wildman–Crippen LogP) is 1.44. The van der Waals surface area contributed by atoms with Crippen LogP contribution in [0.25, 0.3) is 5.82 Å². The van der Waals surface area contributed by atoms with Gasteiger partial charge in [-0.2, -0.15) is 0 Å². The zero-order valence-electron chi connectivity index (χ0n) is 10.5. The van der Waals surface area contributed by atoms with E-state index in [2.05, 4.69) is 20.3 Å². The first-order valence-electron chi connectivity index (χ1n) is 6.38. The first kappa shape index (κ1) is 11.3. The molecule has 0 bridgehead atoms. The van der Waals surface area contributed by atoms with Crippen molar-refractivity contribution < 1.29 is 0 Å². The standard InChI is InChI=1S/C13H17N5/c1-10-15-7-8-18(10)13-12(16-5-6-17-13)11-3-2-4-14-9-11/h5-8,11,14H,2-4,9H2,1H3/t11-/m1/s1. The van der Waals surface area contributed by atoms with Crippen LogP contribution < -0.4 is 5.32 Å². The van der Waals surface area contributed by atoms with E-state index in [9.17, 15) is 0 Å². The Bertz CT molecular complexity index is 528. The molecule has 94 valence electrons. The van der Waals surface area contributed by atoms with Gasteiger partial charge in [0.05, 0.1) is 5.69 Å². The molecule has 1 aliphatic heterocycles. The summed E-state index contributed by atoms with van der Waals surface area (Å²) in [5, 5.41) is 3.43. The number of aryl methyl sites for hydroxylation is 1. The maximum absolute atomic E-state index is 4.55. The average Bonchev–Trinajstić information content (AvgIpc) is 2.86. The zero-order chi connectivity index (χ0) is 12.4. The minimum Gasteiger partial charge on any atom is -0.316 e. The fourth-order valence-corrected chi connectivity index (χ4v) is 2.50. The number of aromatic nitrogens is 4. The number of nitrogens with zero attached hydrogens (tertiary/aromatic N) is 4. The third-order valence-corrected chi connectivity index (χ3v) is 3.44. The monoisotopic (exact) mass is 243 g/mol. The van der Waals surface area contributed by atoms with Crippen LogP contribution in [0.5, 0.6) is 0 Å². The van der Waals surface area contributed by atoms with Crippen LogP contribution in [0.15, 0.2) is 24.8 Å². The molecule has 1 aliphatic rings. The summed E-state index contributed by atoms with van der Waals surface area (Å²) in [5.74, 6) is 2.31. The molecule has 0 radical (unpaired) electrons. The molecule has 5 heteroatoms. The van der Waals surface area contributed by atoms with E-state index in [-0.39, 0.29) is 0 Å². The van der Waals surface area contributed by atoms with E-state index in [1.807, 2.05) is 17.7 Å². The van der Waals surface area contributed by atoms with Crippen LogP contribution in [0.4, 0.5) is 0 Å². The lowest BCUT2D eigenvalue weighted by molar-refractivity contribution is 0.452. The summed E-state index contributed by atoms with van der Waals surface area (Å²) in [6, 6.07) is 0. The number of piperidine rings is 1. The SMILES string of the molecule is Cc1nccn1-c1nccnc1[C@@H]1CCCNC1. The van der Waals surface area contributed by atoms with E-state index in [0.29, 0.717) is 5.92 Å². The molecule has 2 aromatic heterocycles. The number of imidazole rings is 1. The smallest absolute Gasteiger partial charge is 0.160 e. The Hall–Kier alpha value is -1.75. The fourth-order valence-electron chi connectivity index (χ4n) is 2.50. The minimum absolute atomic E-state index is 0.448. The Labute approximate surface area is 106 Å². The van der Waals surface area contributed by atoms with Crippen LogP contribution in [0, 0.1) is 6.92 Å². The van der Waals surface area contributed by atoms with Crippen LogP contribution in [-0.2, 0) is 0 Å². The summed E-state index contributed by atoms with van der Waals surface area (Å²) in [6.07, 6.45) is 9.64. The summed E-state index contributed by atoms with van der Waals surface area (Å²) < 4.78 is 2.01. The van der Waals surface area contributed by atoms with E-state index in [4.69, 9.17) is 0 Å². The highest BCUT2D eigenvalue weighted by atomic mass is 15.1. The van der Waals surface area contributed by atoms with Crippen LogP contribution >= 0.6 is 0 Å². The highest BCUT2D eigenvalue weighted by Gasteiger charge is 2.21. The molecule has 0 spiro atoms. The van der Waals surface area contributed by atoms with Crippen molar-refractivity contribution in [3.63, 3.8) is 0 Å². The fraction of sp³-hybridized carbons (Fsp3) is 0.462. The Morgan fingerprint density at radius 2 is 2.11 bits per heavy atom. The van der Waals surface area contributed by atoms with Crippen molar-refractivity contribution in [1.82, 2.24) is 24.8 Å². The number of hydrogen-bond donors (Lipinski definition) is 1. The lowest BCUT2D eigenvalue weighted by Gasteiger charge is -2.23. The molecule has 1 N–H and O–H groups in total. The first-order chi connectivity index (χ1) is 8.86. The van der Waals surface area contributed by atoms with Gasteiger partial charge in [0.2, 0.25) is 0 Å². The average molecular weight is 243 g/mol. The lowest BCUT2D eigenvalue weighted by atomic mass is 9.96. The van der Waals surface area contributed by atoms with Gasteiger partial charge in [-0.1, -0.05) is 0 Å². The molecule has 1 saturated heterocycles. The zero-order valence-corrected chi connectivity index (χ0v) is 10.5. The van der Waals surface area contributed by atoms with Crippen molar-refractivity contribution in [2.75, 3.05) is 13.1 Å². The van der Waals surface area contributed by atoms with Gasteiger partial charge in [0.25, 0.3) is 0 Å². The van der Waals surface area contributed by atoms with Crippen molar-refractivity contribution in [3.8, 4) is 5.82 Å². The molecule has 3 rings (SSSR count). The number of rotatable bonds is 2. The van der Waals surface area contributed by atoms with Gasteiger partial charge >= 0.3 is 0 Å². The molecule has 0 aliphatic carbocycles. The third-order valence-electron chi connectivity index (χ3n) is 3.44. The highest BCUT2D eigenvalue weighted by molar-refractivity contribution is 5.32. The molecule has 0 amide bonds. The van der Waals surface area contributed by atoms with Gasteiger partial charge in [-0.05, 0) is 26.3 Å². The van der Waals surface area contributed by atoms with Crippen LogP contribution in [-0.4, -0.2) is 32.6 Å². The highest BCUT2D eigenvalue weighted by Crippen LogP contribution is 2.25. The molecule has 3 heterocycles. The van der Waals surface area contributed by atoms with Gasteiger partial charge in [-0.3, -0.25) is 9.55 Å². The summed E-state index contributed by atoms with van der Waals surface area (Å²) in [6.45, 7) is 4.08. The van der Waals surface area contributed by atoms with E-state index in [1.165, 1.54) is 12.8 Å². The van der Waals surface area contributed by atoms with Gasteiger partial charge < -0.3 is 5.32 Å². The molecule has 2 aromatic rings. The largest absolute Gasteiger partial charge is 0.316 e. The van der Waals surface area contributed by atoms with Gasteiger partial charge in [0.15, 0.2) is 5.82 Å². The summed E-state index contributed by atoms with van der Waals surface area (Å²) >= 11 is 0. The summed E-state index contributed by atoms with van der Waals surface area (Å²) in [4.78, 5) is 13.3. The van der Waals surface area contributed by atoms with Gasteiger partial charge in [0, 0.05) is 37.3 Å². The van der Waals surface area contributed by atoms with Crippen LogP contribution in [0.3, 0.4) is 0 Å². The van der Waals surface area contributed by atoms with E-state index in [1.54, 1.807) is 18.6 Å². The van der Waals surface area contributed by atoms with Crippen molar-refractivity contribution in [3.05, 3.63) is 36.3 Å². The molecule has 1 fully saturated rings. The summed E-state index contributed by atoms with van der Waals surface area (Å²) in [7, 11) is 0. The first-order valence-corrected chi connectivity index (χ1v) is 6.38. The molecular formula is C13H17N5. The van der Waals surface area contributed by atoms with Crippen molar-refractivity contribution >= 4 is 0 Å². The predicted molar refractivity (Wildman–Crippen MR) is 68.7 cm³/mol. The van der Waals surface area contributed by atoms with Crippen LogP contribution in [0.2, 0.25) is 0 Å². The maximum atomic E-state index is 4.55. The van der Waals surface area contributed by atoms with E-state index in [0.717, 1.165) is 30.4 Å². The third kappa shape index (κ3) is 2.01. The van der Waals surface area contributed by atoms with Gasteiger partial charge in [0.1, 0.15) is 5.82 Å². The Morgan fingerprint density at radius 3 is 2.83 bits per heavy atom. The molecule has 1 atom stereocenters. The van der Waals surface area contributed by atoms with Crippen molar-refractivity contribution in [1.29, 1.82) is 0 Å². The van der Waals surface area contributed by atoms with Gasteiger partial charge in [-0.25, -0.2) is 9.97 Å². The van der Waals surface area contributed by atoms with Crippen LogP contribution in [0.1, 0.15) is 30.3 Å². The molecular weight excluding hydrogens is 226 g/mol. The minimum atomic E-state index is 0.448. The second-order valence-electron chi connectivity index (χ2n) is 4.65. The Morgan fingerprint density at radius 1 is 1.22 bits per heavy atom. The molecule has 0 aromatic carbocycles. The maximum Gasteiger partial charge on any atom is 0.160 e. The van der Waals surface area contributed by atoms with E-state index < -0.39 is 0 Å². The van der Waals surface area contributed by atoms with Crippen molar-refractivity contribution in [2.24, 2.45) is 0 Å². The second kappa shape index (κ2) is 4.86. The molecule has 18 heavy (non-hydrogen) atoms. The molecule has 0 saturated carbocycles. The second-order valence-corrected chi connectivity index (χ2v) is 4.65. The van der Waals surface area contributed by atoms with E-state index >= 15 is 0 Å².